The van der Waals surface area contributed by atoms with Crippen molar-refractivity contribution < 1.29 is 14.3 Å². The maximum Gasteiger partial charge on any atom is 0.338 e. The van der Waals surface area contributed by atoms with Crippen LogP contribution < -0.4 is 0 Å². The molecule has 7 heteroatoms. The largest absolute Gasteiger partial charge is 0.478 e. The number of halogens is 1. The lowest BCUT2D eigenvalue weighted by Crippen LogP contribution is -1.99. The standard InChI is InChI=1S/C12H9FN4O2/c1-17-5-14-4-10(17)11-15-8-2-6(12(18)19)7(13)3-9(8)16-11/h2-5H,1H3,(H,15,16)(H,18,19). The zero-order valence-corrected chi connectivity index (χ0v) is 9.88. The number of aromatic carboxylic acids is 1. The van der Waals surface area contributed by atoms with E-state index in [1.54, 1.807) is 24.1 Å². The van der Waals surface area contributed by atoms with Crippen molar-refractivity contribution in [2.24, 2.45) is 7.05 Å². The predicted molar refractivity (Wildman–Crippen MR) is 65.2 cm³/mol. The fourth-order valence-electron chi connectivity index (χ4n) is 1.90. The predicted octanol–water partition coefficient (Wildman–Crippen LogP) is 1.80. The molecule has 3 rings (SSSR count). The molecule has 19 heavy (non-hydrogen) atoms. The highest BCUT2D eigenvalue weighted by molar-refractivity contribution is 5.93. The van der Waals surface area contributed by atoms with Gasteiger partial charge in [0.2, 0.25) is 0 Å². The van der Waals surface area contributed by atoms with Gasteiger partial charge in [0, 0.05) is 13.1 Å². The first kappa shape index (κ1) is 11.4. The third-order valence-corrected chi connectivity index (χ3v) is 2.86. The van der Waals surface area contributed by atoms with Crippen LogP contribution in [0.1, 0.15) is 10.4 Å². The summed E-state index contributed by atoms with van der Waals surface area (Å²) in [5, 5.41) is 8.87. The smallest absolute Gasteiger partial charge is 0.338 e. The number of rotatable bonds is 2. The molecule has 2 N–H and O–H groups in total. The molecule has 2 aromatic heterocycles. The molecule has 6 nitrogen and oxygen atoms in total. The molecule has 0 saturated heterocycles. The highest BCUT2D eigenvalue weighted by atomic mass is 19.1. The van der Waals surface area contributed by atoms with Gasteiger partial charge in [0.1, 0.15) is 11.5 Å². The van der Waals surface area contributed by atoms with Crippen molar-refractivity contribution in [1.29, 1.82) is 0 Å². The van der Waals surface area contributed by atoms with Gasteiger partial charge in [-0.15, -0.1) is 0 Å². The van der Waals surface area contributed by atoms with Crippen LogP contribution in [0.15, 0.2) is 24.7 Å². The van der Waals surface area contributed by atoms with E-state index in [0.717, 1.165) is 11.8 Å². The summed E-state index contributed by atoms with van der Waals surface area (Å²) in [5.74, 6) is -1.60. The van der Waals surface area contributed by atoms with Crippen LogP contribution in [0.25, 0.3) is 22.6 Å². The number of carbonyl (C=O) groups is 1. The summed E-state index contributed by atoms with van der Waals surface area (Å²) in [6.07, 6.45) is 3.23. The number of hydrogen-bond acceptors (Lipinski definition) is 3. The number of carboxylic acid groups (broad SMARTS) is 1. The number of aryl methyl sites for hydroxylation is 1. The van der Waals surface area contributed by atoms with E-state index in [2.05, 4.69) is 15.0 Å². The Balaban J connectivity index is 2.21. The lowest BCUT2D eigenvalue weighted by molar-refractivity contribution is 0.0692. The van der Waals surface area contributed by atoms with Gasteiger partial charge in [-0.05, 0) is 6.07 Å². The number of H-pyrrole nitrogens is 1. The summed E-state index contributed by atoms with van der Waals surface area (Å²) < 4.78 is 15.3. The SMILES string of the molecule is Cn1cncc1-c1nc2cc(C(=O)O)c(F)cc2[nH]1. The van der Waals surface area contributed by atoms with Crippen molar-refractivity contribution >= 4 is 17.0 Å². The van der Waals surface area contributed by atoms with Gasteiger partial charge in [0.05, 0.1) is 29.1 Å². The van der Waals surface area contributed by atoms with E-state index in [0.29, 0.717) is 16.9 Å². The second kappa shape index (κ2) is 3.91. The molecule has 0 atom stereocenters. The minimum atomic E-state index is -1.32. The highest BCUT2D eigenvalue weighted by Crippen LogP contribution is 2.22. The maximum atomic E-state index is 13.6. The van der Waals surface area contributed by atoms with Crippen LogP contribution in [0.5, 0.6) is 0 Å². The van der Waals surface area contributed by atoms with Gasteiger partial charge in [-0.25, -0.2) is 19.2 Å². The number of imidazole rings is 2. The van der Waals surface area contributed by atoms with E-state index in [-0.39, 0.29) is 0 Å². The first-order valence-electron chi connectivity index (χ1n) is 5.45. The summed E-state index contributed by atoms with van der Waals surface area (Å²) in [5.41, 5.74) is 1.18. The van der Waals surface area contributed by atoms with E-state index in [1.807, 2.05) is 0 Å². The van der Waals surface area contributed by atoms with Crippen LogP contribution in [0.4, 0.5) is 4.39 Å². The quantitative estimate of drug-likeness (QED) is 0.735. The summed E-state index contributed by atoms with van der Waals surface area (Å²) in [4.78, 5) is 22.0. The van der Waals surface area contributed by atoms with Gasteiger partial charge >= 0.3 is 5.97 Å². The normalized spacial score (nSPS) is 11.1. The summed E-state index contributed by atoms with van der Waals surface area (Å²) >= 11 is 0. The Hall–Kier alpha value is -2.70. The number of fused-ring (bicyclic) bond motifs is 1. The van der Waals surface area contributed by atoms with Crippen molar-refractivity contribution in [1.82, 2.24) is 19.5 Å². The number of carboxylic acids is 1. The molecular weight excluding hydrogens is 251 g/mol. The van der Waals surface area contributed by atoms with Crippen LogP contribution in [-0.2, 0) is 7.05 Å². The van der Waals surface area contributed by atoms with E-state index >= 15 is 0 Å². The van der Waals surface area contributed by atoms with Crippen molar-refractivity contribution in [3.05, 3.63) is 36.0 Å². The average molecular weight is 260 g/mol. The molecule has 0 amide bonds. The molecule has 0 fully saturated rings. The minimum Gasteiger partial charge on any atom is -0.478 e. The molecular formula is C12H9FN4O2. The molecule has 0 unspecified atom stereocenters. The monoisotopic (exact) mass is 260 g/mol. The lowest BCUT2D eigenvalue weighted by atomic mass is 10.2. The molecule has 0 aliphatic rings. The van der Waals surface area contributed by atoms with Crippen LogP contribution in [0, 0.1) is 5.82 Å². The van der Waals surface area contributed by atoms with E-state index in [1.165, 1.54) is 6.07 Å². The van der Waals surface area contributed by atoms with E-state index in [4.69, 9.17) is 5.11 Å². The topological polar surface area (TPSA) is 83.8 Å². The molecule has 1 aromatic carbocycles. The van der Waals surface area contributed by atoms with Crippen molar-refractivity contribution in [3.63, 3.8) is 0 Å². The van der Waals surface area contributed by atoms with E-state index < -0.39 is 17.3 Å². The Morgan fingerprint density at radius 2 is 2.26 bits per heavy atom. The fraction of sp³-hybridized carbons (Fsp3) is 0.0833. The lowest BCUT2D eigenvalue weighted by Gasteiger charge is -1.96. The minimum absolute atomic E-state index is 0.393. The van der Waals surface area contributed by atoms with Gasteiger partial charge in [0.25, 0.3) is 0 Å². The molecule has 0 saturated carbocycles. The number of aromatic nitrogens is 4. The second-order valence-corrected chi connectivity index (χ2v) is 4.13. The van der Waals surface area contributed by atoms with Gasteiger partial charge in [-0.2, -0.15) is 0 Å². The average Bonchev–Trinajstić information content (AvgIpc) is 2.92. The third-order valence-electron chi connectivity index (χ3n) is 2.86. The van der Waals surface area contributed by atoms with Gasteiger partial charge < -0.3 is 14.7 Å². The Bertz CT molecular complexity index is 790. The molecule has 0 aliphatic heterocycles. The fourth-order valence-corrected chi connectivity index (χ4v) is 1.90. The van der Waals surface area contributed by atoms with E-state index in [9.17, 15) is 9.18 Å². The Kier molecular flexibility index (Phi) is 2.34. The van der Waals surface area contributed by atoms with Crippen LogP contribution in [-0.4, -0.2) is 30.6 Å². The number of nitrogens with zero attached hydrogens (tertiary/aromatic N) is 3. The Morgan fingerprint density at radius 3 is 2.89 bits per heavy atom. The second-order valence-electron chi connectivity index (χ2n) is 4.13. The molecule has 0 radical (unpaired) electrons. The molecule has 0 aliphatic carbocycles. The number of nitrogens with one attached hydrogen (secondary N) is 1. The summed E-state index contributed by atoms with van der Waals surface area (Å²) in [7, 11) is 1.80. The van der Waals surface area contributed by atoms with Crippen LogP contribution >= 0.6 is 0 Å². The number of benzene rings is 1. The third kappa shape index (κ3) is 1.75. The van der Waals surface area contributed by atoms with Crippen molar-refractivity contribution in [3.8, 4) is 11.5 Å². The molecule has 0 bridgehead atoms. The van der Waals surface area contributed by atoms with Gasteiger partial charge in [-0.3, -0.25) is 0 Å². The zero-order valence-electron chi connectivity index (χ0n) is 9.88. The van der Waals surface area contributed by atoms with Crippen molar-refractivity contribution in [2.45, 2.75) is 0 Å². The van der Waals surface area contributed by atoms with Crippen LogP contribution in [0.2, 0.25) is 0 Å². The summed E-state index contributed by atoms with van der Waals surface area (Å²) in [6.45, 7) is 0. The van der Waals surface area contributed by atoms with Crippen LogP contribution in [0.3, 0.4) is 0 Å². The van der Waals surface area contributed by atoms with Crippen molar-refractivity contribution in [2.75, 3.05) is 0 Å². The number of aromatic amines is 1. The Morgan fingerprint density at radius 1 is 1.47 bits per heavy atom. The van der Waals surface area contributed by atoms with Gasteiger partial charge in [-0.1, -0.05) is 0 Å². The molecule has 96 valence electrons. The maximum absolute atomic E-state index is 13.6. The van der Waals surface area contributed by atoms with Gasteiger partial charge in [0.15, 0.2) is 5.82 Å². The number of hydrogen-bond donors (Lipinski definition) is 2. The molecule has 0 spiro atoms. The molecule has 3 aromatic rings. The highest BCUT2D eigenvalue weighted by Gasteiger charge is 2.15. The summed E-state index contributed by atoms with van der Waals surface area (Å²) in [6, 6.07) is 2.34. The zero-order chi connectivity index (χ0) is 13.6. The first-order valence-corrected chi connectivity index (χ1v) is 5.45. The molecule has 2 heterocycles. The first-order chi connectivity index (χ1) is 9.06. The Labute approximate surface area is 106 Å².